The lowest BCUT2D eigenvalue weighted by atomic mass is 10.1. The second kappa shape index (κ2) is 2.09. The van der Waals surface area contributed by atoms with Gasteiger partial charge >= 0.3 is 0 Å². The predicted molar refractivity (Wildman–Crippen MR) is 38.9 cm³/mol. The summed E-state index contributed by atoms with van der Waals surface area (Å²) >= 11 is 0. The van der Waals surface area contributed by atoms with Crippen molar-refractivity contribution in [3.8, 4) is 0 Å². The molecule has 0 aromatic carbocycles. The lowest BCUT2D eigenvalue weighted by Gasteiger charge is -2.36. The number of nitrogens with zero attached hydrogens (tertiary/aromatic N) is 3. The van der Waals surface area contributed by atoms with Crippen molar-refractivity contribution < 1.29 is 4.63 Å². The standard InChI is InChI=1S/C5H9N5O/c6-3-1-10(2-3)5-4(7)8-11-9-5/h3H,1-2,6H2,(H2,7,8). The second-order valence-corrected chi connectivity index (χ2v) is 2.64. The summed E-state index contributed by atoms with van der Waals surface area (Å²) in [5.41, 5.74) is 11.0. The van der Waals surface area contributed by atoms with Gasteiger partial charge in [0.15, 0.2) is 0 Å². The van der Waals surface area contributed by atoms with Crippen LogP contribution in [0.3, 0.4) is 0 Å². The molecule has 1 aliphatic rings. The number of anilines is 2. The number of aromatic nitrogens is 2. The Bertz CT molecular complexity index is 253. The molecule has 6 heteroatoms. The van der Waals surface area contributed by atoms with Crippen LogP contribution in [0.2, 0.25) is 0 Å². The zero-order valence-corrected chi connectivity index (χ0v) is 5.90. The molecule has 0 unspecified atom stereocenters. The zero-order valence-electron chi connectivity index (χ0n) is 5.90. The molecule has 11 heavy (non-hydrogen) atoms. The Morgan fingerprint density at radius 3 is 2.64 bits per heavy atom. The van der Waals surface area contributed by atoms with Gasteiger partial charge in [-0.05, 0) is 10.3 Å². The fourth-order valence-corrected chi connectivity index (χ4v) is 1.10. The van der Waals surface area contributed by atoms with E-state index in [4.69, 9.17) is 11.5 Å². The van der Waals surface area contributed by atoms with Gasteiger partial charge in [-0.3, -0.25) is 0 Å². The molecule has 0 bridgehead atoms. The smallest absolute Gasteiger partial charge is 0.217 e. The quantitative estimate of drug-likeness (QED) is 0.529. The second-order valence-electron chi connectivity index (χ2n) is 2.64. The van der Waals surface area contributed by atoms with Gasteiger partial charge in [0.25, 0.3) is 0 Å². The van der Waals surface area contributed by atoms with Crippen LogP contribution in [0.25, 0.3) is 0 Å². The molecule has 2 heterocycles. The minimum atomic E-state index is 0.228. The van der Waals surface area contributed by atoms with Crippen molar-refractivity contribution in [3.05, 3.63) is 0 Å². The third kappa shape index (κ3) is 0.911. The Balaban J connectivity index is 2.12. The van der Waals surface area contributed by atoms with Gasteiger partial charge in [0.05, 0.1) is 0 Å². The summed E-state index contributed by atoms with van der Waals surface area (Å²) in [5, 5.41) is 7.09. The molecule has 1 aromatic rings. The van der Waals surface area contributed by atoms with Crippen LogP contribution in [-0.4, -0.2) is 29.4 Å². The lowest BCUT2D eigenvalue weighted by molar-refractivity contribution is 0.307. The van der Waals surface area contributed by atoms with Crippen molar-refractivity contribution in [2.24, 2.45) is 5.73 Å². The highest BCUT2D eigenvalue weighted by Crippen LogP contribution is 2.21. The summed E-state index contributed by atoms with van der Waals surface area (Å²) < 4.78 is 4.43. The Labute approximate surface area is 63.1 Å². The van der Waals surface area contributed by atoms with Crippen molar-refractivity contribution in [2.45, 2.75) is 6.04 Å². The molecule has 0 radical (unpaired) electrons. The first-order chi connectivity index (χ1) is 5.27. The normalized spacial score (nSPS) is 18.5. The molecule has 2 rings (SSSR count). The van der Waals surface area contributed by atoms with E-state index < -0.39 is 0 Å². The van der Waals surface area contributed by atoms with Gasteiger partial charge in [0.1, 0.15) is 0 Å². The Morgan fingerprint density at radius 1 is 1.45 bits per heavy atom. The van der Waals surface area contributed by atoms with Crippen LogP contribution in [0.1, 0.15) is 0 Å². The molecular formula is C5H9N5O. The first-order valence-corrected chi connectivity index (χ1v) is 3.36. The van der Waals surface area contributed by atoms with Gasteiger partial charge in [-0.2, -0.15) is 0 Å². The molecule has 1 aliphatic heterocycles. The maximum Gasteiger partial charge on any atom is 0.217 e. The highest BCUT2D eigenvalue weighted by atomic mass is 16.6. The molecule has 1 aromatic heterocycles. The van der Waals surface area contributed by atoms with E-state index in [-0.39, 0.29) is 6.04 Å². The van der Waals surface area contributed by atoms with Crippen LogP contribution < -0.4 is 16.4 Å². The van der Waals surface area contributed by atoms with Crippen molar-refractivity contribution in [2.75, 3.05) is 23.7 Å². The summed E-state index contributed by atoms with van der Waals surface area (Å²) in [4.78, 5) is 1.93. The first-order valence-electron chi connectivity index (χ1n) is 3.36. The fourth-order valence-electron chi connectivity index (χ4n) is 1.10. The third-order valence-electron chi connectivity index (χ3n) is 1.70. The van der Waals surface area contributed by atoms with Crippen molar-refractivity contribution >= 4 is 11.6 Å². The van der Waals surface area contributed by atoms with Crippen LogP contribution in [0.4, 0.5) is 11.6 Å². The van der Waals surface area contributed by atoms with Crippen LogP contribution >= 0.6 is 0 Å². The van der Waals surface area contributed by atoms with Crippen molar-refractivity contribution in [1.82, 2.24) is 10.3 Å². The molecule has 6 nitrogen and oxygen atoms in total. The molecule has 1 fully saturated rings. The average molecular weight is 155 g/mol. The van der Waals surface area contributed by atoms with Crippen molar-refractivity contribution in [3.63, 3.8) is 0 Å². The highest BCUT2D eigenvalue weighted by molar-refractivity contribution is 5.58. The molecule has 1 saturated heterocycles. The zero-order chi connectivity index (χ0) is 7.84. The molecule has 60 valence electrons. The number of hydrogen-bond acceptors (Lipinski definition) is 6. The fraction of sp³-hybridized carbons (Fsp3) is 0.600. The van der Waals surface area contributed by atoms with Gasteiger partial charge in [0.2, 0.25) is 11.6 Å². The molecule has 0 spiro atoms. The highest BCUT2D eigenvalue weighted by Gasteiger charge is 2.27. The minimum Gasteiger partial charge on any atom is -0.378 e. The Kier molecular flexibility index (Phi) is 1.22. The summed E-state index contributed by atoms with van der Waals surface area (Å²) in [5.74, 6) is 0.934. The number of rotatable bonds is 1. The van der Waals surface area contributed by atoms with E-state index in [0.717, 1.165) is 13.1 Å². The van der Waals surface area contributed by atoms with Crippen LogP contribution in [0.15, 0.2) is 4.63 Å². The summed E-state index contributed by atoms with van der Waals surface area (Å²) in [6.07, 6.45) is 0. The van der Waals surface area contributed by atoms with Gasteiger partial charge in [-0.25, -0.2) is 4.63 Å². The van der Waals surface area contributed by atoms with E-state index in [0.29, 0.717) is 11.6 Å². The number of hydrogen-bond donors (Lipinski definition) is 2. The monoisotopic (exact) mass is 155 g/mol. The topological polar surface area (TPSA) is 94.2 Å². The minimum absolute atomic E-state index is 0.228. The van der Waals surface area contributed by atoms with Crippen LogP contribution in [0.5, 0.6) is 0 Å². The third-order valence-corrected chi connectivity index (χ3v) is 1.70. The van der Waals surface area contributed by atoms with E-state index in [9.17, 15) is 0 Å². The van der Waals surface area contributed by atoms with Gasteiger partial charge in [-0.1, -0.05) is 0 Å². The molecule has 0 saturated carbocycles. The largest absolute Gasteiger partial charge is 0.378 e. The maximum atomic E-state index is 5.56. The molecule has 0 aliphatic carbocycles. The summed E-state index contributed by atoms with van der Waals surface area (Å²) in [6.45, 7) is 1.55. The average Bonchev–Trinajstić information content (AvgIpc) is 2.29. The van der Waals surface area contributed by atoms with Crippen molar-refractivity contribution in [1.29, 1.82) is 0 Å². The number of nitrogens with two attached hydrogens (primary N) is 2. The summed E-state index contributed by atoms with van der Waals surface area (Å²) in [7, 11) is 0. The number of nitrogen functional groups attached to an aromatic ring is 1. The van der Waals surface area contributed by atoms with E-state index >= 15 is 0 Å². The van der Waals surface area contributed by atoms with E-state index in [2.05, 4.69) is 14.9 Å². The van der Waals surface area contributed by atoms with Gasteiger partial charge in [-0.15, -0.1) is 0 Å². The molecule has 0 atom stereocenters. The van der Waals surface area contributed by atoms with Gasteiger partial charge in [0, 0.05) is 19.1 Å². The maximum absolute atomic E-state index is 5.56. The van der Waals surface area contributed by atoms with E-state index in [1.165, 1.54) is 0 Å². The molecule has 0 amide bonds. The Hall–Kier alpha value is -1.30. The predicted octanol–water partition coefficient (Wildman–Crippen LogP) is -1.20. The first kappa shape index (κ1) is 6.41. The molecule has 4 N–H and O–H groups in total. The van der Waals surface area contributed by atoms with E-state index in [1.54, 1.807) is 0 Å². The van der Waals surface area contributed by atoms with Crippen LogP contribution in [-0.2, 0) is 0 Å². The lowest BCUT2D eigenvalue weighted by Crippen LogP contribution is -2.56. The molecular weight excluding hydrogens is 146 g/mol. The van der Waals surface area contributed by atoms with E-state index in [1.807, 2.05) is 4.90 Å². The van der Waals surface area contributed by atoms with Gasteiger partial charge < -0.3 is 16.4 Å². The van der Waals surface area contributed by atoms with Crippen LogP contribution in [0, 0.1) is 0 Å². The Morgan fingerprint density at radius 2 is 2.18 bits per heavy atom. The summed E-state index contributed by atoms with van der Waals surface area (Å²) in [6, 6.07) is 0.228. The SMILES string of the molecule is Nc1nonc1N1CC(N)C1.